The number of carbonyl (C=O) groups excluding carboxylic acids is 1. The number of aromatic nitrogens is 2. The standard InChI is InChI=1S/C23H22N2O3S2/c1-14-7-4-8-16(13-14)21-24-22-20(19(15(2)30-22)17-9-6-12-29-17)23(27)25(21)11-5-10-18(26)28-3/h4,6-9,12-13H,5,10-11H2,1-3H3. The first-order chi connectivity index (χ1) is 14.5. The Morgan fingerprint density at radius 3 is 2.73 bits per heavy atom. The SMILES string of the molecule is COC(=O)CCCn1c(-c2cccc(C)c2)nc2sc(C)c(-c3cccs3)c2c1=O. The summed E-state index contributed by atoms with van der Waals surface area (Å²) in [5.41, 5.74) is 2.91. The molecule has 3 aromatic heterocycles. The van der Waals surface area contributed by atoms with E-state index in [2.05, 4.69) is 0 Å². The van der Waals surface area contributed by atoms with Crippen molar-refractivity contribution >= 4 is 38.9 Å². The zero-order valence-electron chi connectivity index (χ0n) is 17.1. The third kappa shape index (κ3) is 3.82. The zero-order chi connectivity index (χ0) is 21.3. The van der Waals surface area contributed by atoms with Crippen molar-refractivity contribution in [3.8, 4) is 21.8 Å². The highest BCUT2D eigenvalue weighted by Crippen LogP contribution is 2.38. The first-order valence-corrected chi connectivity index (χ1v) is 11.4. The fourth-order valence-corrected chi connectivity index (χ4v) is 5.53. The molecule has 4 rings (SSSR count). The number of hydrogen-bond donors (Lipinski definition) is 0. The minimum absolute atomic E-state index is 0.0610. The molecule has 0 fully saturated rings. The molecular weight excluding hydrogens is 416 g/mol. The minimum atomic E-state index is -0.278. The van der Waals surface area contributed by atoms with Gasteiger partial charge in [0.25, 0.3) is 5.56 Å². The molecule has 0 saturated heterocycles. The van der Waals surface area contributed by atoms with Crippen molar-refractivity contribution in [2.75, 3.05) is 7.11 Å². The Morgan fingerprint density at radius 1 is 1.20 bits per heavy atom. The van der Waals surface area contributed by atoms with Crippen molar-refractivity contribution in [1.82, 2.24) is 9.55 Å². The first-order valence-electron chi connectivity index (χ1n) is 9.71. The molecule has 0 aliphatic rings. The van der Waals surface area contributed by atoms with Gasteiger partial charge in [0, 0.05) is 33.8 Å². The van der Waals surface area contributed by atoms with E-state index in [4.69, 9.17) is 9.72 Å². The highest BCUT2D eigenvalue weighted by Gasteiger charge is 2.21. The number of esters is 1. The van der Waals surface area contributed by atoms with Crippen molar-refractivity contribution in [2.45, 2.75) is 33.2 Å². The van der Waals surface area contributed by atoms with E-state index in [1.807, 2.05) is 55.6 Å². The summed E-state index contributed by atoms with van der Waals surface area (Å²) in [6.07, 6.45) is 0.769. The topological polar surface area (TPSA) is 61.2 Å². The van der Waals surface area contributed by atoms with Gasteiger partial charge in [-0.25, -0.2) is 4.98 Å². The molecule has 0 spiro atoms. The van der Waals surface area contributed by atoms with E-state index in [1.165, 1.54) is 7.11 Å². The summed E-state index contributed by atoms with van der Waals surface area (Å²) in [7, 11) is 1.38. The highest BCUT2D eigenvalue weighted by atomic mass is 32.1. The van der Waals surface area contributed by atoms with Gasteiger partial charge in [-0.15, -0.1) is 22.7 Å². The van der Waals surface area contributed by atoms with Crippen LogP contribution in [0.4, 0.5) is 0 Å². The van der Waals surface area contributed by atoms with Gasteiger partial charge in [0.1, 0.15) is 10.7 Å². The molecule has 3 heterocycles. The van der Waals surface area contributed by atoms with Gasteiger partial charge in [-0.1, -0.05) is 29.8 Å². The predicted octanol–water partition coefficient (Wildman–Crippen LogP) is 5.42. The number of fused-ring (bicyclic) bond motifs is 1. The molecule has 0 atom stereocenters. The molecule has 5 nitrogen and oxygen atoms in total. The maximum absolute atomic E-state index is 13.7. The largest absolute Gasteiger partial charge is 0.469 e. The summed E-state index contributed by atoms with van der Waals surface area (Å²) in [4.78, 5) is 33.1. The summed E-state index contributed by atoms with van der Waals surface area (Å²) in [6.45, 7) is 4.46. The highest BCUT2D eigenvalue weighted by molar-refractivity contribution is 7.20. The smallest absolute Gasteiger partial charge is 0.305 e. The molecule has 7 heteroatoms. The van der Waals surface area contributed by atoms with Crippen LogP contribution in [0.25, 0.3) is 32.0 Å². The molecule has 0 unspecified atom stereocenters. The van der Waals surface area contributed by atoms with Gasteiger partial charge in [0.05, 0.1) is 12.5 Å². The number of thiophene rings is 2. The van der Waals surface area contributed by atoms with Gasteiger partial charge in [-0.2, -0.15) is 0 Å². The molecule has 0 N–H and O–H groups in total. The lowest BCUT2D eigenvalue weighted by Crippen LogP contribution is -2.24. The Kier molecular flexibility index (Phi) is 5.83. The number of carbonyl (C=O) groups is 1. The summed E-state index contributed by atoms with van der Waals surface area (Å²) >= 11 is 3.17. The average molecular weight is 439 g/mol. The number of aryl methyl sites for hydroxylation is 2. The van der Waals surface area contributed by atoms with Crippen LogP contribution in [-0.4, -0.2) is 22.6 Å². The number of benzene rings is 1. The summed E-state index contributed by atoms with van der Waals surface area (Å²) in [5, 5.41) is 2.68. The lowest BCUT2D eigenvalue weighted by molar-refractivity contribution is -0.140. The predicted molar refractivity (Wildman–Crippen MR) is 123 cm³/mol. The van der Waals surface area contributed by atoms with Gasteiger partial charge < -0.3 is 4.74 Å². The molecule has 30 heavy (non-hydrogen) atoms. The molecule has 0 aliphatic carbocycles. The van der Waals surface area contributed by atoms with Crippen LogP contribution in [0, 0.1) is 13.8 Å². The van der Waals surface area contributed by atoms with Crippen LogP contribution in [0.2, 0.25) is 0 Å². The summed E-state index contributed by atoms with van der Waals surface area (Å²) in [6, 6.07) is 12.0. The Balaban J connectivity index is 1.92. The lowest BCUT2D eigenvalue weighted by atomic mass is 10.1. The summed E-state index contributed by atoms with van der Waals surface area (Å²) in [5.74, 6) is 0.361. The van der Waals surface area contributed by atoms with Gasteiger partial charge in [-0.05, 0) is 37.8 Å². The van der Waals surface area contributed by atoms with Gasteiger partial charge in [0.15, 0.2) is 0 Å². The number of rotatable bonds is 6. The third-order valence-corrected chi connectivity index (χ3v) is 6.91. The quantitative estimate of drug-likeness (QED) is 0.377. The zero-order valence-corrected chi connectivity index (χ0v) is 18.7. The van der Waals surface area contributed by atoms with E-state index in [9.17, 15) is 9.59 Å². The van der Waals surface area contributed by atoms with Crippen LogP contribution in [0.15, 0.2) is 46.6 Å². The Labute approximate surface area is 182 Å². The van der Waals surface area contributed by atoms with E-state index < -0.39 is 0 Å². The molecule has 0 radical (unpaired) electrons. The molecule has 0 aliphatic heterocycles. The van der Waals surface area contributed by atoms with Gasteiger partial charge in [0.2, 0.25) is 0 Å². The van der Waals surface area contributed by atoms with Crippen LogP contribution in [0.1, 0.15) is 23.3 Å². The molecule has 4 aromatic rings. The Morgan fingerprint density at radius 2 is 2.03 bits per heavy atom. The average Bonchev–Trinajstić information content (AvgIpc) is 3.36. The molecule has 1 aromatic carbocycles. The fraction of sp³-hybridized carbons (Fsp3) is 0.261. The number of methoxy groups -OCH3 is 1. The number of hydrogen-bond acceptors (Lipinski definition) is 6. The van der Waals surface area contributed by atoms with Crippen molar-refractivity contribution in [1.29, 1.82) is 0 Å². The lowest BCUT2D eigenvalue weighted by Gasteiger charge is -2.13. The van der Waals surface area contributed by atoms with E-state index in [0.29, 0.717) is 24.2 Å². The summed E-state index contributed by atoms with van der Waals surface area (Å²) < 4.78 is 6.46. The van der Waals surface area contributed by atoms with Crippen molar-refractivity contribution < 1.29 is 9.53 Å². The Bertz CT molecular complexity index is 1270. The maximum Gasteiger partial charge on any atom is 0.305 e. The van der Waals surface area contributed by atoms with Crippen molar-refractivity contribution in [2.24, 2.45) is 0 Å². The van der Waals surface area contributed by atoms with Crippen LogP contribution >= 0.6 is 22.7 Å². The van der Waals surface area contributed by atoms with Gasteiger partial charge in [-0.3, -0.25) is 14.2 Å². The van der Waals surface area contributed by atoms with Crippen LogP contribution in [0.3, 0.4) is 0 Å². The number of ether oxygens (including phenoxy) is 1. The van der Waals surface area contributed by atoms with E-state index in [-0.39, 0.29) is 17.9 Å². The molecular formula is C23H22N2O3S2. The van der Waals surface area contributed by atoms with Crippen molar-refractivity contribution in [3.63, 3.8) is 0 Å². The fourth-order valence-electron chi connectivity index (χ4n) is 3.61. The van der Waals surface area contributed by atoms with Crippen LogP contribution in [-0.2, 0) is 16.1 Å². The molecule has 154 valence electrons. The normalized spacial score (nSPS) is 11.2. The number of nitrogens with zero attached hydrogens (tertiary/aromatic N) is 2. The van der Waals surface area contributed by atoms with E-state index in [1.54, 1.807) is 27.2 Å². The second kappa shape index (κ2) is 8.53. The molecule has 0 amide bonds. The third-order valence-electron chi connectivity index (χ3n) is 5.02. The van der Waals surface area contributed by atoms with Crippen LogP contribution < -0.4 is 5.56 Å². The maximum atomic E-state index is 13.7. The van der Waals surface area contributed by atoms with E-state index >= 15 is 0 Å². The molecule has 0 saturated carbocycles. The van der Waals surface area contributed by atoms with Crippen molar-refractivity contribution in [3.05, 3.63) is 62.6 Å². The van der Waals surface area contributed by atoms with Gasteiger partial charge >= 0.3 is 5.97 Å². The monoisotopic (exact) mass is 438 g/mol. The van der Waals surface area contributed by atoms with E-state index in [0.717, 1.165) is 31.3 Å². The second-order valence-electron chi connectivity index (χ2n) is 7.13. The van der Waals surface area contributed by atoms with Crippen LogP contribution in [0.5, 0.6) is 0 Å². The molecule has 0 bridgehead atoms. The Hall–Kier alpha value is -2.77. The minimum Gasteiger partial charge on any atom is -0.469 e. The second-order valence-corrected chi connectivity index (χ2v) is 9.28. The first kappa shape index (κ1) is 20.5.